The second-order valence-corrected chi connectivity index (χ2v) is 9.27. The summed E-state index contributed by atoms with van der Waals surface area (Å²) in [5, 5.41) is 0. The monoisotopic (exact) mass is 523 g/mol. The second kappa shape index (κ2) is 16.9. The largest absolute Gasteiger partial charge is 0.479 e. The summed E-state index contributed by atoms with van der Waals surface area (Å²) in [6.07, 6.45) is 10.5. The van der Waals surface area contributed by atoms with Crippen LogP contribution in [0.3, 0.4) is 0 Å². The van der Waals surface area contributed by atoms with Gasteiger partial charge in [-0.1, -0.05) is 77.6 Å². The highest BCUT2D eigenvalue weighted by atomic mass is 19.4. The van der Waals surface area contributed by atoms with Crippen molar-refractivity contribution in [3.63, 3.8) is 0 Å². The first-order valence-electron chi connectivity index (χ1n) is 13.4. The van der Waals surface area contributed by atoms with Gasteiger partial charge in [0.2, 0.25) is 5.88 Å². The molecule has 1 atom stereocenters. The lowest BCUT2D eigenvalue weighted by atomic mass is 10.1. The van der Waals surface area contributed by atoms with E-state index in [1.165, 1.54) is 57.8 Å². The molecule has 0 N–H and O–H groups in total. The molecule has 1 unspecified atom stereocenters. The molecule has 1 aromatic heterocycles. The summed E-state index contributed by atoms with van der Waals surface area (Å²) in [6.45, 7) is 4.25. The number of carbonyl (C=O) groups is 1. The number of alkyl halides is 3. The Bertz CT molecular complexity index is 886. The van der Waals surface area contributed by atoms with E-state index < -0.39 is 23.8 Å². The smallest absolute Gasteiger partial charge is 0.417 e. The maximum Gasteiger partial charge on any atom is 0.417 e. The van der Waals surface area contributed by atoms with Gasteiger partial charge in [0.25, 0.3) is 0 Å². The van der Waals surface area contributed by atoms with Crippen LogP contribution in [0.1, 0.15) is 96.5 Å². The predicted octanol–water partition coefficient (Wildman–Crippen LogP) is 8.90. The Morgan fingerprint density at radius 1 is 0.811 bits per heavy atom. The summed E-state index contributed by atoms with van der Waals surface area (Å²) in [5.41, 5.74) is -0.844. The molecule has 0 fully saturated rings. The molecule has 0 saturated carbocycles. The van der Waals surface area contributed by atoms with Crippen LogP contribution in [0, 0.1) is 0 Å². The maximum absolute atomic E-state index is 12.6. The van der Waals surface area contributed by atoms with Gasteiger partial charge in [0.05, 0.1) is 12.2 Å². The predicted molar refractivity (Wildman–Crippen MR) is 138 cm³/mol. The molecule has 0 bridgehead atoms. The lowest BCUT2D eigenvalue weighted by molar-refractivity contribution is -0.151. The minimum absolute atomic E-state index is 0.0384. The zero-order valence-corrected chi connectivity index (χ0v) is 22.0. The van der Waals surface area contributed by atoms with Gasteiger partial charge in [0.1, 0.15) is 11.5 Å². The van der Waals surface area contributed by atoms with Crippen molar-refractivity contribution in [2.24, 2.45) is 0 Å². The van der Waals surface area contributed by atoms with E-state index in [2.05, 4.69) is 11.9 Å². The summed E-state index contributed by atoms with van der Waals surface area (Å²) in [5.74, 6) is 0.443. The zero-order valence-electron chi connectivity index (χ0n) is 22.0. The highest BCUT2D eigenvalue weighted by Crippen LogP contribution is 2.30. The molecule has 37 heavy (non-hydrogen) atoms. The molecule has 0 aliphatic carbocycles. The van der Waals surface area contributed by atoms with E-state index in [4.69, 9.17) is 14.2 Å². The molecule has 5 nitrogen and oxygen atoms in total. The fraction of sp³-hybridized carbons (Fsp3) is 0.586. The van der Waals surface area contributed by atoms with Gasteiger partial charge in [0, 0.05) is 12.3 Å². The van der Waals surface area contributed by atoms with Crippen molar-refractivity contribution in [3.8, 4) is 17.4 Å². The summed E-state index contributed by atoms with van der Waals surface area (Å²) >= 11 is 0. The summed E-state index contributed by atoms with van der Waals surface area (Å²) in [4.78, 5) is 15.9. The first-order valence-corrected chi connectivity index (χ1v) is 13.4. The second-order valence-electron chi connectivity index (χ2n) is 9.27. The topological polar surface area (TPSA) is 57.7 Å². The van der Waals surface area contributed by atoms with E-state index in [9.17, 15) is 18.0 Å². The van der Waals surface area contributed by atoms with Crippen LogP contribution in [-0.2, 0) is 15.7 Å². The summed E-state index contributed by atoms with van der Waals surface area (Å²) in [7, 11) is 0. The van der Waals surface area contributed by atoms with E-state index in [1.807, 2.05) is 0 Å². The average Bonchev–Trinajstić information content (AvgIpc) is 2.87. The van der Waals surface area contributed by atoms with Crippen LogP contribution in [0.4, 0.5) is 13.2 Å². The van der Waals surface area contributed by atoms with Crippen LogP contribution < -0.4 is 9.47 Å². The van der Waals surface area contributed by atoms with E-state index >= 15 is 0 Å². The number of carbonyl (C=O) groups excluding carboxylic acids is 1. The van der Waals surface area contributed by atoms with E-state index in [1.54, 1.807) is 31.2 Å². The fourth-order valence-electron chi connectivity index (χ4n) is 3.80. The van der Waals surface area contributed by atoms with Crippen molar-refractivity contribution >= 4 is 5.97 Å². The Labute approximate surface area is 218 Å². The van der Waals surface area contributed by atoms with Crippen LogP contribution in [0.5, 0.6) is 17.4 Å². The zero-order chi connectivity index (χ0) is 26.9. The third-order valence-corrected chi connectivity index (χ3v) is 6.00. The molecular weight excluding hydrogens is 483 g/mol. The highest BCUT2D eigenvalue weighted by molar-refractivity contribution is 5.74. The SMILES string of the molecule is CCCCCCCCCCCCCCOC(=O)C(C)Oc1ccc(Oc2ccc(C(F)(F)F)cn2)cc1. The van der Waals surface area contributed by atoms with E-state index in [-0.39, 0.29) is 5.88 Å². The van der Waals surface area contributed by atoms with Crippen molar-refractivity contribution in [1.82, 2.24) is 4.98 Å². The van der Waals surface area contributed by atoms with Gasteiger partial charge in [-0.25, -0.2) is 9.78 Å². The number of benzene rings is 1. The van der Waals surface area contributed by atoms with Gasteiger partial charge in [-0.2, -0.15) is 13.2 Å². The first kappa shape index (κ1) is 30.5. The number of pyridine rings is 1. The van der Waals surface area contributed by atoms with Crippen LogP contribution >= 0.6 is 0 Å². The van der Waals surface area contributed by atoms with Crippen molar-refractivity contribution < 1.29 is 32.2 Å². The molecule has 206 valence electrons. The van der Waals surface area contributed by atoms with Crippen LogP contribution in [0.15, 0.2) is 42.6 Å². The van der Waals surface area contributed by atoms with Crippen molar-refractivity contribution in [2.75, 3.05) is 6.61 Å². The van der Waals surface area contributed by atoms with Gasteiger partial charge in [0.15, 0.2) is 6.10 Å². The van der Waals surface area contributed by atoms with E-state index in [0.717, 1.165) is 37.6 Å². The van der Waals surface area contributed by atoms with E-state index in [0.29, 0.717) is 18.1 Å². The Balaban J connectivity index is 1.56. The lowest BCUT2D eigenvalue weighted by Gasteiger charge is -2.14. The van der Waals surface area contributed by atoms with Gasteiger partial charge in [-0.15, -0.1) is 0 Å². The molecule has 1 aromatic carbocycles. The van der Waals surface area contributed by atoms with Gasteiger partial charge < -0.3 is 14.2 Å². The van der Waals surface area contributed by atoms with Crippen LogP contribution in [0.25, 0.3) is 0 Å². The van der Waals surface area contributed by atoms with Crippen molar-refractivity contribution in [2.45, 2.75) is 103 Å². The number of aromatic nitrogens is 1. The third-order valence-electron chi connectivity index (χ3n) is 6.00. The number of ether oxygens (including phenoxy) is 3. The average molecular weight is 524 g/mol. The molecule has 0 radical (unpaired) electrons. The van der Waals surface area contributed by atoms with Crippen LogP contribution in [0.2, 0.25) is 0 Å². The van der Waals surface area contributed by atoms with Crippen molar-refractivity contribution in [3.05, 3.63) is 48.2 Å². The number of hydrogen-bond donors (Lipinski definition) is 0. The molecule has 0 aliphatic rings. The molecular formula is C29H40F3NO4. The molecule has 2 rings (SSSR count). The fourth-order valence-corrected chi connectivity index (χ4v) is 3.80. The van der Waals surface area contributed by atoms with Crippen LogP contribution in [-0.4, -0.2) is 23.7 Å². The van der Waals surface area contributed by atoms with Gasteiger partial charge in [-0.3, -0.25) is 0 Å². The minimum atomic E-state index is -4.45. The maximum atomic E-state index is 12.6. The quantitative estimate of drug-likeness (QED) is 0.144. The number of rotatable bonds is 18. The number of nitrogens with zero attached hydrogens (tertiary/aromatic N) is 1. The number of esters is 1. The van der Waals surface area contributed by atoms with Gasteiger partial charge >= 0.3 is 12.1 Å². The molecule has 0 amide bonds. The molecule has 0 aliphatic heterocycles. The molecule has 2 aromatic rings. The Kier molecular flexibility index (Phi) is 13.9. The Morgan fingerprint density at radius 2 is 1.35 bits per heavy atom. The number of hydrogen-bond acceptors (Lipinski definition) is 5. The summed E-state index contributed by atoms with van der Waals surface area (Å²) < 4.78 is 54.3. The molecule has 1 heterocycles. The highest BCUT2D eigenvalue weighted by Gasteiger charge is 2.30. The first-order chi connectivity index (χ1) is 17.8. The van der Waals surface area contributed by atoms with Crippen molar-refractivity contribution in [1.29, 1.82) is 0 Å². The molecule has 0 saturated heterocycles. The minimum Gasteiger partial charge on any atom is -0.479 e. The number of unbranched alkanes of at least 4 members (excludes halogenated alkanes) is 11. The standard InChI is InChI=1S/C29H40F3NO4/c1-3-4-5-6-7-8-9-10-11-12-13-14-21-35-28(34)23(2)36-25-16-18-26(19-17-25)37-27-20-15-24(22-33-27)29(30,31)32/h15-20,22-23H,3-14,21H2,1-2H3. The molecule has 8 heteroatoms. The molecule has 0 spiro atoms. The summed E-state index contributed by atoms with van der Waals surface area (Å²) in [6, 6.07) is 8.44. The Morgan fingerprint density at radius 3 is 1.86 bits per heavy atom. The van der Waals surface area contributed by atoms with Gasteiger partial charge in [-0.05, 0) is 43.7 Å². The normalized spacial score (nSPS) is 12.2. The third kappa shape index (κ3) is 12.8. The lowest BCUT2D eigenvalue weighted by Crippen LogP contribution is -2.26. The number of halogens is 3. The Hall–Kier alpha value is -2.77.